The van der Waals surface area contributed by atoms with Crippen molar-refractivity contribution in [2.75, 3.05) is 12.9 Å². The van der Waals surface area contributed by atoms with Crippen molar-refractivity contribution >= 4 is 15.8 Å². The van der Waals surface area contributed by atoms with Crippen molar-refractivity contribution in [3.05, 3.63) is 41.7 Å². The van der Waals surface area contributed by atoms with Crippen molar-refractivity contribution in [2.45, 2.75) is 38.0 Å². The van der Waals surface area contributed by atoms with Crippen LogP contribution in [0.3, 0.4) is 0 Å². The fourth-order valence-electron chi connectivity index (χ4n) is 2.25. The maximum atomic E-state index is 12.0. The van der Waals surface area contributed by atoms with Gasteiger partial charge in [0.05, 0.1) is 22.9 Å². The molecule has 0 amide bonds. The Hall–Kier alpha value is -2.15. The van der Waals surface area contributed by atoms with Crippen LogP contribution in [0.15, 0.2) is 35.2 Å². The van der Waals surface area contributed by atoms with E-state index in [4.69, 9.17) is 4.74 Å². The Bertz CT molecular complexity index is 844. The molecule has 2 rings (SSSR count). The molecule has 0 atom stereocenters. The second kappa shape index (κ2) is 6.39. The summed E-state index contributed by atoms with van der Waals surface area (Å²) in [5.41, 5.74) is 1.49. The Kier molecular flexibility index (Phi) is 4.85. The standard InChI is InChI=1S/C17H22N2O4S/c1-6-23-16(20)14-11-15(17(2,3)4)19(18-14)12-7-9-13(10-8-12)24(5,21)22/h7-11H,6H2,1-5H3. The molecule has 0 aliphatic carbocycles. The van der Waals surface area contributed by atoms with Crippen molar-refractivity contribution in [1.82, 2.24) is 9.78 Å². The molecule has 0 spiro atoms. The summed E-state index contributed by atoms with van der Waals surface area (Å²) in [5.74, 6) is -0.477. The Morgan fingerprint density at radius 3 is 2.25 bits per heavy atom. The number of benzene rings is 1. The highest BCUT2D eigenvalue weighted by molar-refractivity contribution is 7.90. The molecular formula is C17H22N2O4S. The number of nitrogens with zero attached hydrogens (tertiary/aromatic N) is 2. The van der Waals surface area contributed by atoms with Gasteiger partial charge in [0.25, 0.3) is 0 Å². The lowest BCUT2D eigenvalue weighted by Gasteiger charge is -2.20. The third-order valence-electron chi connectivity index (χ3n) is 3.47. The molecule has 1 aromatic carbocycles. The number of carbonyl (C=O) groups excluding carboxylic acids is 1. The first-order chi connectivity index (χ1) is 11.0. The Morgan fingerprint density at radius 1 is 1.21 bits per heavy atom. The van der Waals surface area contributed by atoms with Crippen LogP contribution in [0.1, 0.15) is 43.9 Å². The lowest BCUT2D eigenvalue weighted by atomic mass is 9.91. The third-order valence-corrected chi connectivity index (χ3v) is 4.60. The SMILES string of the molecule is CCOC(=O)c1cc(C(C)(C)C)n(-c2ccc(S(C)(=O)=O)cc2)n1. The minimum absolute atomic E-state index is 0.231. The maximum absolute atomic E-state index is 12.0. The van der Waals surface area contributed by atoms with Crippen LogP contribution in [0, 0.1) is 0 Å². The number of hydrogen-bond acceptors (Lipinski definition) is 5. The summed E-state index contributed by atoms with van der Waals surface area (Å²) in [4.78, 5) is 12.2. The van der Waals surface area contributed by atoms with Gasteiger partial charge in [-0.1, -0.05) is 20.8 Å². The van der Waals surface area contributed by atoms with Crippen LogP contribution in [-0.2, 0) is 20.0 Å². The van der Waals surface area contributed by atoms with Gasteiger partial charge in [0.2, 0.25) is 0 Å². The first kappa shape index (κ1) is 18.2. The summed E-state index contributed by atoms with van der Waals surface area (Å²) in [7, 11) is -3.26. The van der Waals surface area contributed by atoms with E-state index < -0.39 is 15.8 Å². The predicted octanol–water partition coefficient (Wildman–Crippen LogP) is 2.75. The lowest BCUT2D eigenvalue weighted by molar-refractivity contribution is 0.0519. The van der Waals surface area contributed by atoms with Crippen LogP contribution in [0.2, 0.25) is 0 Å². The highest BCUT2D eigenvalue weighted by Gasteiger charge is 2.24. The second-order valence-corrected chi connectivity index (χ2v) is 8.58. The number of hydrogen-bond donors (Lipinski definition) is 0. The van der Waals surface area contributed by atoms with Crippen LogP contribution < -0.4 is 0 Å². The van der Waals surface area contributed by atoms with E-state index in [0.29, 0.717) is 5.69 Å². The van der Waals surface area contributed by atoms with E-state index >= 15 is 0 Å². The fraction of sp³-hybridized carbons (Fsp3) is 0.412. The molecule has 0 N–H and O–H groups in total. The number of carbonyl (C=O) groups is 1. The summed E-state index contributed by atoms with van der Waals surface area (Å²) < 4.78 is 29.8. The molecule has 1 heterocycles. The van der Waals surface area contributed by atoms with Crippen molar-refractivity contribution in [2.24, 2.45) is 0 Å². The first-order valence-corrected chi connectivity index (χ1v) is 9.51. The van der Waals surface area contributed by atoms with Gasteiger partial charge in [-0.3, -0.25) is 0 Å². The van der Waals surface area contributed by atoms with E-state index in [0.717, 1.165) is 11.9 Å². The number of rotatable bonds is 4. The zero-order chi connectivity index (χ0) is 18.1. The van der Waals surface area contributed by atoms with Crippen LogP contribution in [0.5, 0.6) is 0 Å². The number of aromatic nitrogens is 2. The van der Waals surface area contributed by atoms with Gasteiger partial charge < -0.3 is 4.74 Å². The summed E-state index contributed by atoms with van der Waals surface area (Å²) in [5, 5.41) is 4.35. The van der Waals surface area contributed by atoms with E-state index in [9.17, 15) is 13.2 Å². The van der Waals surface area contributed by atoms with Gasteiger partial charge in [-0.15, -0.1) is 0 Å². The normalized spacial score (nSPS) is 12.2. The molecule has 7 heteroatoms. The van der Waals surface area contributed by atoms with Gasteiger partial charge in [0.15, 0.2) is 15.5 Å². The van der Waals surface area contributed by atoms with E-state index in [-0.39, 0.29) is 22.6 Å². The largest absolute Gasteiger partial charge is 0.461 e. The minimum Gasteiger partial charge on any atom is -0.461 e. The van der Waals surface area contributed by atoms with Gasteiger partial charge in [-0.25, -0.2) is 17.9 Å². The highest BCUT2D eigenvalue weighted by Crippen LogP contribution is 2.26. The molecule has 0 radical (unpaired) electrons. The van der Waals surface area contributed by atoms with Gasteiger partial charge in [0.1, 0.15) is 0 Å². The Morgan fingerprint density at radius 2 is 1.79 bits per heavy atom. The van der Waals surface area contributed by atoms with Crippen LogP contribution in [0.25, 0.3) is 5.69 Å². The molecule has 1 aromatic heterocycles. The van der Waals surface area contributed by atoms with E-state index in [1.54, 1.807) is 29.8 Å². The molecule has 130 valence electrons. The van der Waals surface area contributed by atoms with E-state index in [1.807, 2.05) is 20.8 Å². The molecular weight excluding hydrogens is 328 g/mol. The average Bonchev–Trinajstić information content (AvgIpc) is 2.92. The molecule has 6 nitrogen and oxygen atoms in total. The van der Waals surface area contributed by atoms with E-state index in [2.05, 4.69) is 5.10 Å². The average molecular weight is 350 g/mol. The molecule has 24 heavy (non-hydrogen) atoms. The number of ether oxygens (including phenoxy) is 1. The molecule has 0 saturated carbocycles. The number of sulfone groups is 1. The Balaban J connectivity index is 2.54. The van der Waals surface area contributed by atoms with Crippen molar-refractivity contribution in [3.8, 4) is 5.69 Å². The molecule has 0 bridgehead atoms. The molecule has 0 aliphatic rings. The van der Waals surface area contributed by atoms with E-state index in [1.165, 1.54) is 12.1 Å². The fourth-order valence-corrected chi connectivity index (χ4v) is 2.88. The topological polar surface area (TPSA) is 78.3 Å². The molecule has 0 saturated heterocycles. The molecule has 0 unspecified atom stereocenters. The van der Waals surface area contributed by atoms with Crippen molar-refractivity contribution in [1.29, 1.82) is 0 Å². The number of esters is 1. The highest BCUT2D eigenvalue weighted by atomic mass is 32.2. The maximum Gasteiger partial charge on any atom is 0.358 e. The molecule has 0 aliphatic heterocycles. The Labute approximate surface area is 142 Å². The van der Waals surface area contributed by atoms with Crippen molar-refractivity contribution < 1.29 is 17.9 Å². The smallest absolute Gasteiger partial charge is 0.358 e. The first-order valence-electron chi connectivity index (χ1n) is 7.62. The zero-order valence-electron chi connectivity index (χ0n) is 14.5. The van der Waals surface area contributed by atoms with Crippen LogP contribution in [0.4, 0.5) is 0 Å². The quantitative estimate of drug-likeness (QED) is 0.792. The van der Waals surface area contributed by atoms with Gasteiger partial charge in [-0.2, -0.15) is 5.10 Å². The molecule has 0 fully saturated rings. The van der Waals surface area contributed by atoms with Crippen LogP contribution >= 0.6 is 0 Å². The minimum atomic E-state index is -3.26. The summed E-state index contributed by atoms with van der Waals surface area (Å²) in [6, 6.07) is 8.12. The lowest BCUT2D eigenvalue weighted by Crippen LogP contribution is -2.17. The van der Waals surface area contributed by atoms with Gasteiger partial charge in [-0.05, 0) is 37.3 Å². The summed E-state index contributed by atoms with van der Waals surface area (Å²) in [6.45, 7) is 8.06. The van der Waals surface area contributed by atoms with Gasteiger partial charge in [0, 0.05) is 11.7 Å². The molecule has 2 aromatic rings. The van der Waals surface area contributed by atoms with Crippen LogP contribution in [-0.4, -0.2) is 37.0 Å². The summed E-state index contributed by atoms with van der Waals surface area (Å²) in [6.07, 6.45) is 1.16. The predicted molar refractivity (Wildman–Crippen MR) is 91.3 cm³/mol. The zero-order valence-corrected chi connectivity index (χ0v) is 15.3. The third kappa shape index (κ3) is 3.84. The monoisotopic (exact) mass is 350 g/mol. The van der Waals surface area contributed by atoms with Gasteiger partial charge >= 0.3 is 5.97 Å². The second-order valence-electron chi connectivity index (χ2n) is 6.56. The summed E-state index contributed by atoms with van der Waals surface area (Å²) >= 11 is 0. The van der Waals surface area contributed by atoms with Crippen molar-refractivity contribution in [3.63, 3.8) is 0 Å².